The normalized spacial score (nSPS) is 24.9. The van der Waals surface area contributed by atoms with Gasteiger partial charge in [-0.05, 0) is 30.2 Å². The number of hydrogen-bond acceptors (Lipinski definition) is 3. The molecular formula is C20H26F3N3O2. The van der Waals surface area contributed by atoms with E-state index in [1.165, 1.54) is 0 Å². The smallest absolute Gasteiger partial charge is 0.323 e. The first kappa shape index (κ1) is 20.6. The highest BCUT2D eigenvalue weighted by molar-refractivity contribution is 6.07. The van der Waals surface area contributed by atoms with E-state index in [-0.39, 0.29) is 25.0 Å². The number of nitrogens with zero attached hydrogens (tertiary/aromatic N) is 2. The van der Waals surface area contributed by atoms with E-state index >= 15 is 0 Å². The Bertz CT molecular complexity index is 713. The number of carbonyl (C=O) groups is 2. The van der Waals surface area contributed by atoms with E-state index in [0.717, 1.165) is 29.1 Å². The van der Waals surface area contributed by atoms with Gasteiger partial charge in [-0.25, -0.2) is 9.69 Å². The minimum Gasteiger partial charge on any atom is -0.323 e. The van der Waals surface area contributed by atoms with Crippen LogP contribution in [0, 0.1) is 11.8 Å². The zero-order valence-corrected chi connectivity index (χ0v) is 16.1. The summed E-state index contributed by atoms with van der Waals surface area (Å²) >= 11 is 0. The van der Waals surface area contributed by atoms with E-state index in [4.69, 9.17) is 0 Å². The molecule has 0 bridgehead atoms. The van der Waals surface area contributed by atoms with Crippen LogP contribution in [0.2, 0.25) is 0 Å². The summed E-state index contributed by atoms with van der Waals surface area (Å²) in [7, 11) is 0. The third-order valence-electron chi connectivity index (χ3n) is 5.98. The molecule has 1 saturated heterocycles. The predicted octanol–water partition coefficient (Wildman–Crippen LogP) is 3.76. The Balaban J connectivity index is 1.81. The molecule has 1 aliphatic heterocycles. The van der Waals surface area contributed by atoms with E-state index in [1.807, 2.05) is 13.8 Å². The molecule has 2 fully saturated rings. The second kappa shape index (κ2) is 7.73. The summed E-state index contributed by atoms with van der Waals surface area (Å²) in [6.45, 7) is 2.26. The van der Waals surface area contributed by atoms with Gasteiger partial charge in [-0.2, -0.15) is 13.2 Å². The van der Waals surface area contributed by atoms with Crippen LogP contribution < -0.4 is 5.32 Å². The SMILES string of the molecule is C[C@H]1CCC[C@H](C)C12NC(=O)N(CN(Cc1ccccc1)CC(F)(F)F)C2=O. The van der Waals surface area contributed by atoms with Crippen molar-refractivity contribution < 1.29 is 22.8 Å². The van der Waals surface area contributed by atoms with E-state index in [9.17, 15) is 22.8 Å². The van der Waals surface area contributed by atoms with Crippen molar-refractivity contribution in [3.8, 4) is 0 Å². The number of imide groups is 1. The maximum atomic E-state index is 13.2. The van der Waals surface area contributed by atoms with Crippen molar-refractivity contribution in [1.82, 2.24) is 15.1 Å². The van der Waals surface area contributed by atoms with Crippen LogP contribution in [0.3, 0.4) is 0 Å². The van der Waals surface area contributed by atoms with Crippen LogP contribution in [0.5, 0.6) is 0 Å². The highest BCUT2D eigenvalue weighted by Crippen LogP contribution is 2.42. The summed E-state index contributed by atoms with van der Waals surface area (Å²) < 4.78 is 39.3. The average molecular weight is 397 g/mol. The standard InChI is InChI=1S/C20H26F3N3O2/c1-14-7-6-8-15(2)20(14)17(27)26(18(28)24-20)13-25(12-19(21,22)23)11-16-9-4-3-5-10-16/h3-5,9-10,14-15H,6-8,11-13H2,1-2H3,(H,24,28)/t14-,15-/m0/s1. The Morgan fingerprint density at radius 1 is 1.14 bits per heavy atom. The Morgan fingerprint density at radius 3 is 2.32 bits per heavy atom. The topological polar surface area (TPSA) is 52.7 Å². The lowest BCUT2D eigenvalue weighted by Crippen LogP contribution is -2.59. The van der Waals surface area contributed by atoms with Crippen LogP contribution >= 0.6 is 0 Å². The third-order valence-corrected chi connectivity index (χ3v) is 5.98. The van der Waals surface area contributed by atoms with Gasteiger partial charge >= 0.3 is 12.2 Å². The van der Waals surface area contributed by atoms with Gasteiger partial charge in [-0.15, -0.1) is 0 Å². The number of rotatable bonds is 5. The molecule has 8 heteroatoms. The summed E-state index contributed by atoms with van der Waals surface area (Å²) in [5.41, 5.74) is -0.320. The summed E-state index contributed by atoms with van der Waals surface area (Å²) in [5.74, 6) is -0.511. The van der Waals surface area contributed by atoms with E-state index in [0.29, 0.717) is 5.56 Å². The number of alkyl halides is 3. The van der Waals surface area contributed by atoms with E-state index in [1.54, 1.807) is 30.3 Å². The van der Waals surface area contributed by atoms with E-state index < -0.39 is 30.2 Å². The molecule has 0 radical (unpaired) electrons. The van der Waals surface area contributed by atoms with Gasteiger partial charge in [-0.3, -0.25) is 9.69 Å². The summed E-state index contributed by atoms with van der Waals surface area (Å²) in [6, 6.07) is 8.12. The lowest BCUT2D eigenvalue weighted by Gasteiger charge is -2.42. The van der Waals surface area contributed by atoms with Gasteiger partial charge in [-0.1, -0.05) is 50.6 Å². The largest absolute Gasteiger partial charge is 0.401 e. The fourth-order valence-corrected chi connectivity index (χ4v) is 4.53. The Hall–Kier alpha value is -2.09. The van der Waals surface area contributed by atoms with Crippen molar-refractivity contribution in [2.24, 2.45) is 11.8 Å². The fourth-order valence-electron chi connectivity index (χ4n) is 4.53. The molecule has 2 atom stereocenters. The number of nitrogens with one attached hydrogen (secondary N) is 1. The zero-order valence-electron chi connectivity index (χ0n) is 16.1. The minimum atomic E-state index is -4.43. The molecule has 5 nitrogen and oxygen atoms in total. The van der Waals surface area contributed by atoms with Crippen molar-refractivity contribution in [1.29, 1.82) is 0 Å². The number of hydrogen-bond donors (Lipinski definition) is 1. The molecule has 28 heavy (non-hydrogen) atoms. The summed E-state index contributed by atoms with van der Waals surface area (Å²) in [5, 5.41) is 2.83. The average Bonchev–Trinajstić information content (AvgIpc) is 2.85. The van der Waals surface area contributed by atoms with Gasteiger partial charge in [0.15, 0.2) is 0 Å². The van der Waals surface area contributed by atoms with Crippen LogP contribution in [0.1, 0.15) is 38.7 Å². The molecule has 0 unspecified atom stereocenters. The van der Waals surface area contributed by atoms with Gasteiger partial charge in [0.2, 0.25) is 0 Å². The van der Waals surface area contributed by atoms with Crippen LogP contribution in [0.4, 0.5) is 18.0 Å². The van der Waals surface area contributed by atoms with Crippen LogP contribution in [0.25, 0.3) is 0 Å². The number of urea groups is 1. The van der Waals surface area contributed by atoms with Crippen molar-refractivity contribution >= 4 is 11.9 Å². The molecule has 0 aromatic heterocycles. The fraction of sp³-hybridized carbons (Fsp3) is 0.600. The van der Waals surface area contributed by atoms with E-state index in [2.05, 4.69) is 5.32 Å². The van der Waals surface area contributed by atoms with Crippen LogP contribution in [-0.2, 0) is 11.3 Å². The highest BCUT2D eigenvalue weighted by Gasteiger charge is 2.58. The van der Waals surface area contributed by atoms with Crippen molar-refractivity contribution in [2.45, 2.75) is 51.4 Å². The van der Waals surface area contributed by atoms with Gasteiger partial charge < -0.3 is 5.32 Å². The van der Waals surface area contributed by atoms with Crippen LogP contribution in [0.15, 0.2) is 30.3 Å². The molecule has 1 saturated carbocycles. The molecule has 3 amide bonds. The first-order valence-corrected chi connectivity index (χ1v) is 9.60. The molecule has 3 rings (SSSR count). The Morgan fingerprint density at radius 2 is 1.75 bits per heavy atom. The molecule has 1 aliphatic carbocycles. The molecule has 154 valence electrons. The lowest BCUT2D eigenvalue weighted by molar-refractivity contribution is -0.155. The summed E-state index contributed by atoms with van der Waals surface area (Å²) in [6.07, 6.45) is -1.85. The monoisotopic (exact) mass is 397 g/mol. The number of amides is 3. The zero-order chi connectivity index (χ0) is 20.5. The maximum Gasteiger partial charge on any atom is 0.401 e. The number of carbonyl (C=O) groups excluding carboxylic acids is 2. The van der Waals surface area contributed by atoms with Crippen molar-refractivity contribution in [3.05, 3.63) is 35.9 Å². The number of benzene rings is 1. The predicted molar refractivity (Wildman–Crippen MR) is 98.1 cm³/mol. The molecule has 1 N–H and O–H groups in total. The number of halogens is 3. The van der Waals surface area contributed by atoms with Crippen molar-refractivity contribution in [2.75, 3.05) is 13.2 Å². The minimum absolute atomic E-state index is 0.00445. The Labute approximate surface area is 162 Å². The van der Waals surface area contributed by atoms with Crippen molar-refractivity contribution in [3.63, 3.8) is 0 Å². The summed E-state index contributed by atoms with van der Waals surface area (Å²) in [4.78, 5) is 27.8. The second-order valence-corrected chi connectivity index (χ2v) is 7.99. The van der Waals surface area contributed by atoms with Gasteiger partial charge in [0, 0.05) is 6.54 Å². The highest BCUT2D eigenvalue weighted by atomic mass is 19.4. The third kappa shape index (κ3) is 4.01. The first-order chi connectivity index (χ1) is 13.1. The second-order valence-electron chi connectivity index (χ2n) is 7.99. The first-order valence-electron chi connectivity index (χ1n) is 9.60. The molecule has 2 aliphatic rings. The molecule has 1 spiro atoms. The molecule has 1 aromatic carbocycles. The van der Waals surface area contributed by atoms with Gasteiger partial charge in [0.05, 0.1) is 13.2 Å². The van der Waals surface area contributed by atoms with Gasteiger partial charge in [0.1, 0.15) is 5.54 Å². The maximum absolute atomic E-state index is 13.2. The quantitative estimate of drug-likeness (QED) is 0.770. The lowest BCUT2D eigenvalue weighted by atomic mass is 9.67. The molecule has 1 heterocycles. The van der Waals surface area contributed by atoms with Gasteiger partial charge in [0.25, 0.3) is 5.91 Å². The Kier molecular flexibility index (Phi) is 5.70. The molecular weight excluding hydrogens is 371 g/mol. The molecule has 1 aromatic rings. The van der Waals surface area contributed by atoms with Crippen LogP contribution in [-0.4, -0.2) is 46.7 Å².